The SMILES string of the molecule is C/C=C(CCC1CCCO1)\C(=C/CC)CCC(F)(F)F. The van der Waals surface area contributed by atoms with Gasteiger partial charge in [0, 0.05) is 13.0 Å². The number of allylic oxidation sites excluding steroid dienone is 4. The fraction of sp³-hybridized carbons (Fsp3) is 0.750. The van der Waals surface area contributed by atoms with Crippen molar-refractivity contribution in [2.75, 3.05) is 6.61 Å². The van der Waals surface area contributed by atoms with Crippen molar-refractivity contribution in [3.8, 4) is 0 Å². The first-order valence-corrected chi connectivity index (χ1v) is 7.49. The van der Waals surface area contributed by atoms with Crippen LogP contribution in [0.3, 0.4) is 0 Å². The van der Waals surface area contributed by atoms with Crippen LogP contribution < -0.4 is 0 Å². The molecule has 0 aromatic heterocycles. The van der Waals surface area contributed by atoms with E-state index in [1.807, 2.05) is 26.0 Å². The highest BCUT2D eigenvalue weighted by Gasteiger charge is 2.27. The van der Waals surface area contributed by atoms with Crippen LogP contribution in [0.4, 0.5) is 13.2 Å². The van der Waals surface area contributed by atoms with Crippen LogP contribution >= 0.6 is 0 Å². The molecule has 116 valence electrons. The van der Waals surface area contributed by atoms with E-state index in [1.54, 1.807) is 0 Å². The van der Waals surface area contributed by atoms with Crippen LogP contribution in [0.25, 0.3) is 0 Å². The molecule has 1 saturated heterocycles. The van der Waals surface area contributed by atoms with Gasteiger partial charge in [0.1, 0.15) is 0 Å². The molecule has 0 spiro atoms. The average Bonchev–Trinajstić information content (AvgIpc) is 2.88. The minimum Gasteiger partial charge on any atom is -0.378 e. The molecule has 1 unspecified atom stereocenters. The molecule has 0 radical (unpaired) electrons. The molecule has 0 amide bonds. The first-order chi connectivity index (χ1) is 9.46. The zero-order chi connectivity index (χ0) is 15.0. The number of alkyl halides is 3. The molecule has 0 aromatic carbocycles. The Morgan fingerprint density at radius 1 is 1.25 bits per heavy atom. The molecule has 0 saturated carbocycles. The van der Waals surface area contributed by atoms with Crippen molar-refractivity contribution < 1.29 is 17.9 Å². The highest BCUT2D eigenvalue weighted by Crippen LogP contribution is 2.30. The summed E-state index contributed by atoms with van der Waals surface area (Å²) < 4.78 is 42.7. The second-order valence-electron chi connectivity index (χ2n) is 5.24. The molecule has 4 heteroatoms. The van der Waals surface area contributed by atoms with Gasteiger partial charge in [-0.1, -0.05) is 19.1 Å². The Balaban J connectivity index is 2.55. The van der Waals surface area contributed by atoms with Gasteiger partial charge in [-0.3, -0.25) is 0 Å². The standard InChI is InChI=1S/C16H25F3O/c1-3-6-14(10-11-16(17,18)19)13(4-2)8-9-15-7-5-12-20-15/h4,6,15H,3,5,7-12H2,1-2H3/b13-4-,14-6-. The third-order valence-electron chi connectivity index (χ3n) is 3.65. The van der Waals surface area contributed by atoms with Crippen molar-refractivity contribution in [2.24, 2.45) is 0 Å². The van der Waals surface area contributed by atoms with E-state index in [1.165, 1.54) is 0 Å². The maximum absolute atomic E-state index is 12.4. The van der Waals surface area contributed by atoms with Crippen LogP contribution in [0, 0.1) is 0 Å². The van der Waals surface area contributed by atoms with Crippen molar-refractivity contribution in [2.45, 2.75) is 71.1 Å². The molecule has 0 bridgehead atoms. The number of hydrogen-bond acceptors (Lipinski definition) is 1. The van der Waals surface area contributed by atoms with Gasteiger partial charge in [0.25, 0.3) is 0 Å². The topological polar surface area (TPSA) is 9.23 Å². The van der Waals surface area contributed by atoms with E-state index >= 15 is 0 Å². The van der Waals surface area contributed by atoms with E-state index in [-0.39, 0.29) is 12.5 Å². The Bertz CT molecular complexity index is 336. The maximum atomic E-state index is 12.4. The van der Waals surface area contributed by atoms with E-state index in [2.05, 4.69) is 0 Å². The van der Waals surface area contributed by atoms with Crippen LogP contribution in [-0.4, -0.2) is 18.9 Å². The maximum Gasteiger partial charge on any atom is 0.389 e. The molecular formula is C16H25F3O. The van der Waals surface area contributed by atoms with Crippen molar-refractivity contribution >= 4 is 0 Å². The lowest BCUT2D eigenvalue weighted by atomic mass is 9.94. The molecule has 20 heavy (non-hydrogen) atoms. The Morgan fingerprint density at radius 2 is 2.00 bits per heavy atom. The minimum atomic E-state index is -4.08. The Hall–Kier alpha value is -0.770. The summed E-state index contributed by atoms with van der Waals surface area (Å²) in [6, 6.07) is 0. The zero-order valence-electron chi connectivity index (χ0n) is 12.4. The molecule has 0 aromatic rings. The third kappa shape index (κ3) is 6.60. The van der Waals surface area contributed by atoms with Crippen molar-refractivity contribution in [1.82, 2.24) is 0 Å². The van der Waals surface area contributed by atoms with E-state index < -0.39 is 12.6 Å². The Labute approximate surface area is 119 Å². The number of rotatable bonds is 7. The van der Waals surface area contributed by atoms with E-state index in [4.69, 9.17) is 4.74 Å². The predicted molar refractivity (Wildman–Crippen MR) is 75.6 cm³/mol. The molecular weight excluding hydrogens is 265 g/mol. The summed E-state index contributed by atoms with van der Waals surface area (Å²) in [5, 5.41) is 0. The summed E-state index contributed by atoms with van der Waals surface area (Å²) in [6.07, 6.45) is 4.09. The fourth-order valence-electron chi connectivity index (χ4n) is 2.60. The van der Waals surface area contributed by atoms with Gasteiger partial charge < -0.3 is 4.74 Å². The lowest BCUT2D eigenvalue weighted by molar-refractivity contribution is -0.133. The van der Waals surface area contributed by atoms with Crippen molar-refractivity contribution in [3.63, 3.8) is 0 Å². The first kappa shape index (κ1) is 17.3. The lowest BCUT2D eigenvalue weighted by Gasteiger charge is -2.16. The second-order valence-corrected chi connectivity index (χ2v) is 5.24. The van der Waals surface area contributed by atoms with Gasteiger partial charge in [-0.25, -0.2) is 0 Å². The van der Waals surface area contributed by atoms with Gasteiger partial charge in [-0.15, -0.1) is 0 Å². The van der Waals surface area contributed by atoms with Crippen LogP contribution in [0.1, 0.15) is 58.8 Å². The first-order valence-electron chi connectivity index (χ1n) is 7.49. The van der Waals surface area contributed by atoms with Gasteiger partial charge in [0.05, 0.1) is 6.10 Å². The van der Waals surface area contributed by atoms with Gasteiger partial charge >= 0.3 is 6.18 Å². The summed E-state index contributed by atoms with van der Waals surface area (Å²) in [5.74, 6) is 0. The van der Waals surface area contributed by atoms with Gasteiger partial charge in [-0.05, 0) is 56.6 Å². The summed E-state index contributed by atoms with van der Waals surface area (Å²) in [6.45, 7) is 4.68. The Kier molecular flexibility index (Phi) is 7.35. The van der Waals surface area contributed by atoms with Crippen LogP contribution in [-0.2, 0) is 4.74 Å². The molecule has 1 aliphatic heterocycles. The molecule has 1 heterocycles. The highest BCUT2D eigenvalue weighted by molar-refractivity contribution is 5.30. The quantitative estimate of drug-likeness (QED) is 0.557. The predicted octanol–water partition coefficient (Wildman–Crippen LogP) is 5.57. The molecule has 0 N–H and O–H groups in total. The molecule has 0 aliphatic carbocycles. The van der Waals surface area contributed by atoms with Gasteiger partial charge in [0.2, 0.25) is 0 Å². The second kappa shape index (κ2) is 8.50. The lowest BCUT2D eigenvalue weighted by Crippen LogP contribution is -2.09. The number of ether oxygens (including phenoxy) is 1. The Morgan fingerprint density at radius 3 is 2.50 bits per heavy atom. The molecule has 1 atom stereocenters. The van der Waals surface area contributed by atoms with Gasteiger partial charge in [-0.2, -0.15) is 13.2 Å². The summed E-state index contributed by atoms with van der Waals surface area (Å²) in [5.41, 5.74) is 1.90. The smallest absolute Gasteiger partial charge is 0.378 e. The van der Waals surface area contributed by atoms with Crippen molar-refractivity contribution in [3.05, 3.63) is 23.3 Å². The van der Waals surface area contributed by atoms with Crippen LogP contribution in [0.2, 0.25) is 0 Å². The van der Waals surface area contributed by atoms with Gasteiger partial charge in [0.15, 0.2) is 0 Å². The largest absolute Gasteiger partial charge is 0.389 e. The zero-order valence-corrected chi connectivity index (χ0v) is 12.4. The minimum absolute atomic E-state index is 0.0859. The summed E-state index contributed by atoms with van der Waals surface area (Å²) >= 11 is 0. The third-order valence-corrected chi connectivity index (χ3v) is 3.65. The fourth-order valence-corrected chi connectivity index (χ4v) is 2.60. The van der Waals surface area contributed by atoms with Crippen LogP contribution in [0.15, 0.2) is 23.3 Å². The highest BCUT2D eigenvalue weighted by atomic mass is 19.4. The number of halogens is 3. The molecule has 1 rings (SSSR count). The molecule has 1 fully saturated rings. The summed E-state index contributed by atoms with van der Waals surface area (Å²) in [7, 11) is 0. The van der Waals surface area contributed by atoms with E-state index in [0.717, 1.165) is 49.9 Å². The van der Waals surface area contributed by atoms with Crippen molar-refractivity contribution in [1.29, 1.82) is 0 Å². The van der Waals surface area contributed by atoms with E-state index in [9.17, 15) is 13.2 Å². The number of hydrogen-bond donors (Lipinski definition) is 0. The average molecular weight is 290 g/mol. The molecule has 1 aliphatic rings. The van der Waals surface area contributed by atoms with Crippen LogP contribution in [0.5, 0.6) is 0 Å². The molecule has 1 nitrogen and oxygen atoms in total. The summed E-state index contributed by atoms with van der Waals surface area (Å²) in [4.78, 5) is 0. The normalized spacial score (nSPS) is 21.6. The van der Waals surface area contributed by atoms with E-state index in [0.29, 0.717) is 0 Å². The monoisotopic (exact) mass is 290 g/mol.